The molecule has 2 aromatic rings. The molecule has 1 N–H and O–H groups in total. The summed E-state index contributed by atoms with van der Waals surface area (Å²) >= 11 is 3.40. The summed E-state index contributed by atoms with van der Waals surface area (Å²) in [6.45, 7) is 3.48. The van der Waals surface area contributed by atoms with Gasteiger partial charge in [0.2, 0.25) is 16.8 Å². The lowest BCUT2D eigenvalue weighted by atomic mass is 10.1. The molecule has 0 bridgehead atoms. The number of carbonyl (C=O) groups is 1. The van der Waals surface area contributed by atoms with Crippen molar-refractivity contribution in [2.75, 3.05) is 23.9 Å². The molecule has 10 heteroatoms. The Hall–Kier alpha value is -2.59. The molecule has 0 spiro atoms. The topological polar surface area (TPSA) is 97.3 Å². The first kappa shape index (κ1) is 21.1. The molecule has 29 heavy (non-hydrogen) atoms. The molecule has 154 valence electrons. The number of aryl methyl sites for hydroxylation is 2. The molecule has 0 saturated carbocycles. The van der Waals surface area contributed by atoms with E-state index in [1.807, 2.05) is 13.0 Å². The van der Waals surface area contributed by atoms with E-state index in [2.05, 4.69) is 26.5 Å². The van der Waals surface area contributed by atoms with Crippen molar-refractivity contribution >= 4 is 43.8 Å². The average Bonchev–Trinajstić information content (AvgIpc) is 3.06. The molecule has 3 rings (SSSR count). The summed E-state index contributed by atoms with van der Waals surface area (Å²) in [4.78, 5) is 12.3. The Morgan fingerprint density at radius 1 is 1.24 bits per heavy atom. The Balaban J connectivity index is 1.72. The van der Waals surface area contributed by atoms with E-state index < -0.39 is 15.9 Å². The summed E-state index contributed by atoms with van der Waals surface area (Å²) in [5.74, 6) is 0.637. The van der Waals surface area contributed by atoms with Gasteiger partial charge in [0, 0.05) is 10.0 Å². The molecule has 2 aromatic carbocycles. The van der Waals surface area contributed by atoms with E-state index in [4.69, 9.17) is 9.47 Å². The van der Waals surface area contributed by atoms with E-state index in [1.165, 1.54) is 6.21 Å². The lowest BCUT2D eigenvalue weighted by Crippen LogP contribution is -2.39. The van der Waals surface area contributed by atoms with Gasteiger partial charge in [-0.25, -0.2) is 13.8 Å². The normalized spacial score (nSPS) is 13.0. The van der Waals surface area contributed by atoms with Crippen LogP contribution in [0, 0.1) is 13.8 Å². The van der Waals surface area contributed by atoms with Crippen molar-refractivity contribution in [1.29, 1.82) is 0 Å². The zero-order valence-electron chi connectivity index (χ0n) is 16.1. The molecule has 1 aliphatic rings. The van der Waals surface area contributed by atoms with Gasteiger partial charge < -0.3 is 9.47 Å². The second kappa shape index (κ2) is 8.42. The van der Waals surface area contributed by atoms with Crippen molar-refractivity contribution in [2.24, 2.45) is 5.10 Å². The van der Waals surface area contributed by atoms with E-state index in [0.29, 0.717) is 27.2 Å². The highest BCUT2D eigenvalue weighted by atomic mass is 79.9. The minimum atomic E-state index is -3.66. The Bertz CT molecular complexity index is 1090. The van der Waals surface area contributed by atoms with E-state index in [1.54, 1.807) is 31.2 Å². The molecular formula is C19H20BrN3O5S. The Labute approximate surface area is 177 Å². The van der Waals surface area contributed by atoms with Gasteiger partial charge in [-0.1, -0.05) is 17.7 Å². The Morgan fingerprint density at radius 3 is 2.59 bits per heavy atom. The fraction of sp³-hybridized carbons (Fsp3) is 0.263. The summed E-state index contributed by atoms with van der Waals surface area (Å²) in [5, 5.41) is 3.92. The molecule has 1 amide bonds. The molecule has 0 aromatic heterocycles. The zero-order chi connectivity index (χ0) is 21.2. The Kier molecular flexibility index (Phi) is 6.13. The third kappa shape index (κ3) is 5.07. The van der Waals surface area contributed by atoms with Crippen LogP contribution in [0.1, 0.15) is 16.7 Å². The standard InChI is InChI=1S/C19H20BrN3O5S/c1-12-4-5-16(13(2)6-12)23(29(3,25)26)10-19(24)22-21-9-14-7-17-18(8-15(14)20)28-11-27-17/h4-9H,10-11H2,1-3H3,(H,22,24)/b21-9-. The quantitative estimate of drug-likeness (QED) is 0.505. The van der Waals surface area contributed by atoms with Crippen LogP contribution >= 0.6 is 15.9 Å². The molecule has 1 heterocycles. The van der Waals surface area contributed by atoms with Gasteiger partial charge in [-0.15, -0.1) is 0 Å². The SMILES string of the molecule is Cc1ccc(N(CC(=O)N/N=C\c2cc3c(cc2Br)OCO3)S(C)(=O)=O)c(C)c1. The first-order valence-corrected chi connectivity index (χ1v) is 11.3. The summed E-state index contributed by atoms with van der Waals surface area (Å²) < 4.78 is 36.8. The molecule has 0 atom stereocenters. The van der Waals surface area contributed by atoms with Gasteiger partial charge in [-0.3, -0.25) is 9.10 Å². The van der Waals surface area contributed by atoms with Gasteiger partial charge in [0.25, 0.3) is 5.91 Å². The van der Waals surface area contributed by atoms with Crippen LogP contribution in [0.5, 0.6) is 11.5 Å². The van der Waals surface area contributed by atoms with Crippen LogP contribution in [0.15, 0.2) is 39.9 Å². The van der Waals surface area contributed by atoms with Crippen molar-refractivity contribution in [3.8, 4) is 11.5 Å². The number of fused-ring (bicyclic) bond motifs is 1. The lowest BCUT2D eigenvalue weighted by molar-refractivity contribution is -0.119. The molecular weight excluding hydrogens is 462 g/mol. The number of nitrogens with one attached hydrogen (secondary N) is 1. The minimum absolute atomic E-state index is 0.152. The summed E-state index contributed by atoms with van der Waals surface area (Å²) in [6, 6.07) is 8.82. The van der Waals surface area contributed by atoms with Crippen molar-refractivity contribution < 1.29 is 22.7 Å². The van der Waals surface area contributed by atoms with Crippen LogP contribution in [-0.4, -0.2) is 40.1 Å². The van der Waals surface area contributed by atoms with Gasteiger partial charge in [0.05, 0.1) is 18.2 Å². The zero-order valence-corrected chi connectivity index (χ0v) is 18.5. The number of anilines is 1. The van der Waals surface area contributed by atoms with Crippen molar-refractivity contribution in [2.45, 2.75) is 13.8 Å². The summed E-state index contributed by atoms with van der Waals surface area (Å²) in [5.41, 5.74) is 5.25. The predicted octanol–water partition coefficient (Wildman–Crippen LogP) is 2.71. The molecule has 0 unspecified atom stereocenters. The van der Waals surface area contributed by atoms with E-state index in [0.717, 1.165) is 21.7 Å². The fourth-order valence-corrected chi connectivity index (χ4v) is 4.18. The van der Waals surface area contributed by atoms with E-state index in [9.17, 15) is 13.2 Å². The van der Waals surface area contributed by atoms with Gasteiger partial charge in [-0.05, 0) is 53.5 Å². The maximum Gasteiger partial charge on any atom is 0.260 e. The third-order valence-corrected chi connectivity index (χ3v) is 6.01. The highest BCUT2D eigenvalue weighted by Crippen LogP contribution is 2.36. The number of hydrogen-bond acceptors (Lipinski definition) is 6. The smallest absolute Gasteiger partial charge is 0.260 e. The van der Waals surface area contributed by atoms with E-state index >= 15 is 0 Å². The summed E-state index contributed by atoms with van der Waals surface area (Å²) in [6.07, 6.45) is 2.50. The Morgan fingerprint density at radius 2 is 1.93 bits per heavy atom. The van der Waals surface area contributed by atoms with Gasteiger partial charge >= 0.3 is 0 Å². The maximum absolute atomic E-state index is 12.3. The molecule has 8 nitrogen and oxygen atoms in total. The average molecular weight is 482 g/mol. The predicted molar refractivity (Wildman–Crippen MR) is 114 cm³/mol. The van der Waals surface area contributed by atoms with Gasteiger partial charge in [0.15, 0.2) is 11.5 Å². The number of amides is 1. The number of hydrazone groups is 1. The first-order chi connectivity index (χ1) is 13.6. The number of rotatable bonds is 6. The minimum Gasteiger partial charge on any atom is -0.454 e. The third-order valence-electron chi connectivity index (χ3n) is 4.19. The molecule has 0 fully saturated rings. The van der Waals surface area contributed by atoms with Crippen molar-refractivity contribution in [3.05, 3.63) is 51.5 Å². The highest BCUT2D eigenvalue weighted by Gasteiger charge is 2.22. The second-order valence-electron chi connectivity index (χ2n) is 6.58. The monoisotopic (exact) mass is 481 g/mol. The van der Waals surface area contributed by atoms with E-state index in [-0.39, 0.29) is 13.3 Å². The first-order valence-electron chi connectivity index (χ1n) is 8.61. The van der Waals surface area contributed by atoms with Crippen LogP contribution in [-0.2, 0) is 14.8 Å². The molecule has 0 aliphatic carbocycles. The van der Waals surface area contributed by atoms with Crippen LogP contribution < -0.4 is 19.2 Å². The number of ether oxygens (including phenoxy) is 2. The second-order valence-corrected chi connectivity index (χ2v) is 9.34. The van der Waals surface area contributed by atoms with Crippen LogP contribution in [0.4, 0.5) is 5.69 Å². The molecule has 0 saturated heterocycles. The lowest BCUT2D eigenvalue weighted by Gasteiger charge is -2.23. The number of carbonyl (C=O) groups excluding carboxylic acids is 1. The molecule has 0 radical (unpaired) electrons. The number of benzene rings is 2. The molecule has 1 aliphatic heterocycles. The van der Waals surface area contributed by atoms with Gasteiger partial charge in [0.1, 0.15) is 6.54 Å². The number of nitrogens with zero attached hydrogens (tertiary/aromatic N) is 2. The highest BCUT2D eigenvalue weighted by molar-refractivity contribution is 9.10. The van der Waals surface area contributed by atoms with Gasteiger partial charge in [-0.2, -0.15) is 5.10 Å². The van der Waals surface area contributed by atoms with Crippen molar-refractivity contribution in [1.82, 2.24) is 5.43 Å². The maximum atomic E-state index is 12.3. The fourth-order valence-electron chi connectivity index (χ4n) is 2.84. The van der Waals surface area contributed by atoms with Crippen LogP contribution in [0.2, 0.25) is 0 Å². The largest absolute Gasteiger partial charge is 0.454 e. The van der Waals surface area contributed by atoms with Crippen LogP contribution in [0.25, 0.3) is 0 Å². The number of halogens is 1. The summed E-state index contributed by atoms with van der Waals surface area (Å²) in [7, 11) is -3.66. The van der Waals surface area contributed by atoms with Crippen molar-refractivity contribution in [3.63, 3.8) is 0 Å². The van der Waals surface area contributed by atoms with Crippen LogP contribution in [0.3, 0.4) is 0 Å². The number of sulfonamides is 1. The number of hydrogen-bond donors (Lipinski definition) is 1.